The van der Waals surface area contributed by atoms with Crippen molar-refractivity contribution in [1.82, 2.24) is 9.78 Å². The Morgan fingerprint density at radius 2 is 1.97 bits per heavy atom. The average molecular weight is 422 g/mol. The van der Waals surface area contributed by atoms with Gasteiger partial charge in [0.05, 0.1) is 37.2 Å². The number of esters is 1. The fourth-order valence-electron chi connectivity index (χ4n) is 3.31. The number of rotatable bonds is 10. The molecule has 0 aliphatic carbocycles. The molecular weight excluding hydrogens is 396 g/mol. The predicted molar refractivity (Wildman–Crippen MR) is 117 cm³/mol. The summed E-state index contributed by atoms with van der Waals surface area (Å²) in [5.74, 6) is 0.721. The van der Waals surface area contributed by atoms with Gasteiger partial charge in [-0.3, -0.25) is 9.48 Å². The summed E-state index contributed by atoms with van der Waals surface area (Å²) in [4.78, 5) is 23.8. The first-order valence-electron chi connectivity index (χ1n) is 10.1. The van der Waals surface area contributed by atoms with Crippen molar-refractivity contribution >= 4 is 12.3 Å². The van der Waals surface area contributed by atoms with Gasteiger partial charge in [-0.1, -0.05) is 31.5 Å². The van der Waals surface area contributed by atoms with E-state index in [0.29, 0.717) is 40.4 Å². The summed E-state index contributed by atoms with van der Waals surface area (Å²) in [6.07, 6.45) is 4.31. The lowest BCUT2D eigenvalue weighted by molar-refractivity contribution is 0.0597. The largest absolute Gasteiger partial charge is 0.497 e. The number of nitrogens with zero attached hydrogens (tertiary/aromatic N) is 2. The van der Waals surface area contributed by atoms with Crippen LogP contribution in [0.4, 0.5) is 0 Å². The van der Waals surface area contributed by atoms with Crippen LogP contribution in [0.15, 0.2) is 48.7 Å². The molecule has 0 saturated heterocycles. The van der Waals surface area contributed by atoms with E-state index in [-0.39, 0.29) is 6.61 Å². The van der Waals surface area contributed by atoms with E-state index < -0.39 is 5.97 Å². The Labute approximate surface area is 181 Å². The summed E-state index contributed by atoms with van der Waals surface area (Å²) in [5.41, 5.74) is 3.05. The molecule has 7 heteroatoms. The van der Waals surface area contributed by atoms with Crippen LogP contribution in [0.25, 0.3) is 11.3 Å². The van der Waals surface area contributed by atoms with Gasteiger partial charge in [0.25, 0.3) is 0 Å². The standard InChI is InChI=1S/C24H26N2O5/c1-4-5-12-26-23(18(15-27)14-25-26)21-11-10-19(29-2)13-22(21)31-16-17-8-6-7-9-20(17)24(28)30-3/h6-11,13-15H,4-5,12,16H2,1-3H3. The lowest BCUT2D eigenvalue weighted by Gasteiger charge is -2.16. The van der Waals surface area contributed by atoms with Gasteiger partial charge < -0.3 is 14.2 Å². The third-order valence-corrected chi connectivity index (χ3v) is 4.97. The topological polar surface area (TPSA) is 79.7 Å². The molecule has 0 aliphatic rings. The van der Waals surface area contributed by atoms with Crippen molar-refractivity contribution in [1.29, 1.82) is 0 Å². The second-order valence-electron chi connectivity index (χ2n) is 6.94. The summed E-state index contributed by atoms with van der Waals surface area (Å²) >= 11 is 0. The Bertz CT molecular complexity index is 1060. The second kappa shape index (κ2) is 10.4. The van der Waals surface area contributed by atoms with E-state index in [1.165, 1.54) is 7.11 Å². The summed E-state index contributed by atoms with van der Waals surface area (Å²) in [7, 11) is 2.92. The summed E-state index contributed by atoms with van der Waals surface area (Å²) in [5, 5.41) is 4.39. The molecule has 1 aromatic heterocycles. The van der Waals surface area contributed by atoms with Crippen LogP contribution in [-0.2, 0) is 17.9 Å². The van der Waals surface area contributed by atoms with Crippen LogP contribution in [-0.4, -0.2) is 36.3 Å². The zero-order chi connectivity index (χ0) is 22.2. The summed E-state index contributed by atoms with van der Waals surface area (Å²) in [6, 6.07) is 12.6. The first-order valence-corrected chi connectivity index (χ1v) is 10.1. The quantitative estimate of drug-likeness (QED) is 0.353. The first kappa shape index (κ1) is 22.1. The van der Waals surface area contributed by atoms with Gasteiger partial charge in [0.1, 0.15) is 18.1 Å². The minimum Gasteiger partial charge on any atom is -0.497 e. The molecule has 7 nitrogen and oxygen atoms in total. The van der Waals surface area contributed by atoms with Crippen molar-refractivity contribution in [3.05, 3.63) is 65.4 Å². The number of aryl methyl sites for hydroxylation is 1. The highest BCUT2D eigenvalue weighted by Crippen LogP contribution is 2.36. The molecular formula is C24H26N2O5. The lowest BCUT2D eigenvalue weighted by atomic mass is 10.1. The van der Waals surface area contributed by atoms with E-state index in [2.05, 4.69) is 12.0 Å². The molecule has 0 saturated carbocycles. The van der Waals surface area contributed by atoms with E-state index >= 15 is 0 Å². The van der Waals surface area contributed by atoms with Crippen LogP contribution < -0.4 is 9.47 Å². The molecule has 1 heterocycles. The number of aromatic nitrogens is 2. The van der Waals surface area contributed by atoms with Crippen LogP contribution in [0.1, 0.15) is 46.0 Å². The van der Waals surface area contributed by atoms with Crippen LogP contribution in [0.5, 0.6) is 11.5 Å². The van der Waals surface area contributed by atoms with Gasteiger partial charge in [-0.15, -0.1) is 0 Å². The molecule has 3 rings (SSSR count). The molecule has 0 radical (unpaired) electrons. The maximum atomic E-state index is 12.1. The van der Waals surface area contributed by atoms with E-state index in [9.17, 15) is 9.59 Å². The molecule has 0 fully saturated rings. The fraction of sp³-hybridized carbons (Fsp3) is 0.292. The third-order valence-electron chi connectivity index (χ3n) is 4.97. The summed E-state index contributed by atoms with van der Waals surface area (Å²) < 4.78 is 18.2. The maximum Gasteiger partial charge on any atom is 0.338 e. The van der Waals surface area contributed by atoms with Gasteiger partial charge in [0, 0.05) is 23.7 Å². The molecule has 0 amide bonds. The normalized spacial score (nSPS) is 10.5. The Kier molecular flexibility index (Phi) is 7.43. The minimum absolute atomic E-state index is 0.144. The van der Waals surface area contributed by atoms with Crippen molar-refractivity contribution < 1.29 is 23.8 Å². The van der Waals surface area contributed by atoms with Crippen molar-refractivity contribution in [3.63, 3.8) is 0 Å². The second-order valence-corrected chi connectivity index (χ2v) is 6.94. The molecule has 0 bridgehead atoms. The van der Waals surface area contributed by atoms with Crippen molar-refractivity contribution in [2.75, 3.05) is 14.2 Å². The van der Waals surface area contributed by atoms with Gasteiger partial charge in [0.2, 0.25) is 0 Å². The number of unbranched alkanes of at least 4 members (excludes halogenated alkanes) is 1. The maximum absolute atomic E-state index is 12.1. The first-order chi connectivity index (χ1) is 15.1. The number of benzene rings is 2. The van der Waals surface area contributed by atoms with Gasteiger partial charge in [0.15, 0.2) is 6.29 Å². The third kappa shape index (κ3) is 4.94. The Morgan fingerprint density at radius 1 is 1.16 bits per heavy atom. The lowest BCUT2D eigenvalue weighted by Crippen LogP contribution is -2.09. The predicted octanol–water partition coefficient (Wildman–Crippen LogP) is 4.54. The number of hydrogen-bond donors (Lipinski definition) is 0. The van der Waals surface area contributed by atoms with Crippen LogP contribution >= 0.6 is 0 Å². The van der Waals surface area contributed by atoms with Gasteiger partial charge >= 0.3 is 5.97 Å². The zero-order valence-electron chi connectivity index (χ0n) is 18.0. The van der Waals surface area contributed by atoms with Gasteiger partial charge in [-0.05, 0) is 24.6 Å². The molecule has 0 N–H and O–H groups in total. The molecule has 0 atom stereocenters. The fourth-order valence-corrected chi connectivity index (χ4v) is 3.31. The number of carbonyl (C=O) groups is 2. The van der Waals surface area contributed by atoms with E-state index in [1.807, 2.05) is 28.9 Å². The Hall–Kier alpha value is -3.61. The smallest absolute Gasteiger partial charge is 0.338 e. The number of aldehydes is 1. The number of ether oxygens (including phenoxy) is 3. The highest BCUT2D eigenvalue weighted by molar-refractivity contribution is 5.91. The van der Waals surface area contributed by atoms with E-state index in [1.54, 1.807) is 31.5 Å². The highest BCUT2D eigenvalue weighted by Gasteiger charge is 2.19. The Balaban J connectivity index is 2.01. The van der Waals surface area contributed by atoms with Gasteiger partial charge in [-0.25, -0.2) is 4.79 Å². The SMILES string of the molecule is CCCCn1ncc(C=O)c1-c1ccc(OC)cc1OCc1ccccc1C(=O)OC. The van der Waals surface area contributed by atoms with Gasteiger partial charge in [-0.2, -0.15) is 5.10 Å². The molecule has 162 valence electrons. The Morgan fingerprint density at radius 3 is 2.68 bits per heavy atom. The molecule has 3 aromatic rings. The number of carbonyl (C=O) groups excluding carboxylic acids is 2. The minimum atomic E-state index is -0.425. The molecule has 0 unspecified atom stereocenters. The van der Waals surface area contributed by atoms with Crippen molar-refractivity contribution in [3.8, 4) is 22.8 Å². The average Bonchev–Trinajstić information content (AvgIpc) is 3.23. The number of hydrogen-bond acceptors (Lipinski definition) is 6. The monoisotopic (exact) mass is 422 g/mol. The highest BCUT2D eigenvalue weighted by atomic mass is 16.5. The van der Waals surface area contributed by atoms with E-state index in [4.69, 9.17) is 14.2 Å². The van der Waals surface area contributed by atoms with Crippen LogP contribution in [0.3, 0.4) is 0 Å². The summed E-state index contributed by atoms with van der Waals surface area (Å²) in [6.45, 7) is 2.94. The zero-order valence-corrected chi connectivity index (χ0v) is 18.0. The van der Waals surface area contributed by atoms with Crippen molar-refractivity contribution in [2.24, 2.45) is 0 Å². The molecule has 0 aliphatic heterocycles. The molecule has 2 aromatic carbocycles. The van der Waals surface area contributed by atoms with E-state index in [0.717, 1.165) is 24.7 Å². The number of methoxy groups -OCH3 is 2. The van der Waals surface area contributed by atoms with Crippen LogP contribution in [0.2, 0.25) is 0 Å². The van der Waals surface area contributed by atoms with Crippen LogP contribution in [0, 0.1) is 0 Å². The molecule has 0 spiro atoms. The molecule has 31 heavy (non-hydrogen) atoms. The van der Waals surface area contributed by atoms with Crippen molar-refractivity contribution in [2.45, 2.75) is 32.9 Å².